The summed E-state index contributed by atoms with van der Waals surface area (Å²) in [5.41, 5.74) is 0.304. The van der Waals surface area contributed by atoms with Gasteiger partial charge in [0, 0.05) is 13.3 Å². The lowest BCUT2D eigenvalue weighted by Crippen LogP contribution is -2.08. The van der Waals surface area contributed by atoms with Crippen LogP contribution in [0, 0.1) is 0 Å². The maximum Gasteiger partial charge on any atom is 0.356 e. The summed E-state index contributed by atoms with van der Waals surface area (Å²) in [5.74, 6) is -0.160. The van der Waals surface area contributed by atoms with Gasteiger partial charge >= 0.3 is 5.97 Å². The second-order valence-corrected chi connectivity index (χ2v) is 3.20. The fourth-order valence-electron chi connectivity index (χ4n) is 1.28. The molecule has 0 fully saturated rings. The van der Waals surface area contributed by atoms with E-state index in [0.717, 1.165) is 6.42 Å². The van der Waals surface area contributed by atoms with Crippen LogP contribution in [-0.4, -0.2) is 28.8 Å². The molecule has 0 unspecified atom stereocenters. The average molecular weight is 210 g/mol. The van der Waals surface area contributed by atoms with E-state index in [9.17, 15) is 9.59 Å². The van der Waals surface area contributed by atoms with Gasteiger partial charge in [0.2, 0.25) is 0 Å². The molecule has 0 atom stereocenters. The van der Waals surface area contributed by atoms with Gasteiger partial charge in [-0.15, -0.1) is 0 Å². The van der Waals surface area contributed by atoms with Crippen LogP contribution in [0.15, 0.2) is 0 Å². The van der Waals surface area contributed by atoms with Gasteiger partial charge in [0.1, 0.15) is 11.5 Å². The Morgan fingerprint density at radius 2 is 2.13 bits per heavy atom. The topological polar surface area (TPSA) is 72.1 Å². The zero-order chi connectivity index (χ0) is 11.4. The van der Waals surface area contributed by atoms with E-state index in [4.69, 9.17) is 0 Å². The summed E-state index contributed by atoms with van der Waals surface area (Å²) in [5, 5.41) is 0. The summed E-state index contributed by atoms with van der Waals surface area (Å²) in [7, 11) is 1.27. The average Bonchev–Trinajstić information content (AvgIpc) is 2.61. The summed E-state index contributed by atoms with van der Waals surface area (Å²) in [6.07, 6.45) is 1.60. The number of hydrogen-bond acceptors (Lipinski definition) is 4. The first-order valence-electron chi connectivity index (χ1n) is 4.78. The van der Waals surface area contributed by atoms with E-state index in [2.05, 4.69) is 14.7 Å². The number of aryl methyl sites for hydroxylation is 1. The second-order valence-electron chi connectivity index (χ2n) is 3.20. The Labute approximate surface area is 87.9 Å². The number of carbonyl (C=O) groups is 2. The zero-order valence-corrected chi connectivity index (χ0v) is 9.09. The first kappa shape index (κ1) is 11.4. The van der Waals surface area contributed by atoms with Crippen LogP contribution in [0.1, 0.15) is 47.1 Å². The minimum atomic E-state index is -0.560. The monoisotopic (exact) mass is 210 g/mol. The number of ketones is 1. The van der Waals surface area contributed by atoms with Crippen LogP contribution in [0.25, 0.3) is 0 Å². The summed E-state index contributed by atoms with van der Waals surface area (Å²) >= 11 is 0. The summed E-state index contributed by atoms with van der Waals surface area (Å²) < 4.78 is 4.56. The normalized spacial score (nSPS) is 10.1. The van der Waals surface area contributed by atoms with E-state index < -0.39 is 5.97 Å². The molecule has 0 saturated heterocycles. The van der Waals surface area contributed by atoms with E-state index >= 15 is 0 Å². The van der Waals surface area contributed by atoms with Crippen molar-refractivity contribution in [3.63, 3.8) is 0 Å². The number of imidazole rings is 1. The molecule has 1 aromatic heterocycles. The van der Waals surface area contributed by atoms with Gasteiger partial charge in [-0.05, 0) is 6.42 Å². The Bertz CT molecular complexity index is 382. The van der Waals surface area contributed by atoms with Crippen LogP contribution in [0.2, 0.25) is 0 Å². The molecule has 0 aliphatic carbocycles. The van der Waals surface area contributed by atoms with Gasteiger partial charge in [0.25, 0.3) is 0 Å². The van der Waals surface area contributed by atoms with Crippen molar-refractivity contribution >= 4 is 11.8 Å². The van der Waals surface area contributed by atoms with Gasteiger partial charge < -0.3 is 9.72 Å². The molecular weight excluding hydrogens is 196 g/mol. The third-order valence-corrected chi connectivity index (χ3v) is 1.96. The Balaban J connectivity index is 3.11. The lowest BCUT2D eigenvalue weighted by molar-refractivity contribution is 0.0591. The number of ether oxygens (including phenoxy) is 1. The number of aromatic nitrogens is 2. The standard InChI is InChI=1S/C10H14N2O3/c1-4-5-7-11-8(6(2)13)9(12-7)10(14)15-3/h4-5H2,1-3H3,(H,11,12). The fourth-order valence-corrected chi connectivity index (χ4v) is 1.28. The van der Waals surface area contributed by atoms with Crippen molar-refractivity contribution in [1.29, 1.82) is 0 Å². The number of esters is 1. The first-order valence-corrected chi connectivity index (χ1v) is 4.78. The summed E-state index contributed by atoms with van der Waals surface area (Å²) in [6.45, 7) is 3.37. The minimum Gasteiger partial charge on any atom is -0.464 e. The first-order chi connectivity index (χ1) is 7.10. The third kappa shape index (κ3) is 2.43. The molecule has 15 heavy (non-hydrogen) atoms. The van der Waals surface area contributed by atoms with Gasteiger partial charge in [0.05, 0.1) is 7.11 Å². The van der Waals surface area contributed by atoms with Crippen molar-refractivity contribution in [1.82, 2.24) is 9.97 Å². The van der Waals surface area contributed by atoms with Gasteiger partial charge in [-0.2, -0.15) is 0 Å². The van der Waals surface area contributed by atoms with Gasteiger partial charge in [0.15, 0.2) is 11.5 Å². The van der Waals surface area contributed by atoms with Crippen molar-refractivity contribution in [2.24, 2.45) is 0 Å². The van der Waals surface area contributed by atoms with Gasteiger partial charge in [-0.3, -0.25) is 4.79 Å². The van der Waals surface area contributed by atoms with Crippen LogP contribution in [0.4, 0.5) is 0 Å². The van der Waals surface area contributed by atoms with Crippen LogP contribution >= 0.6 is 0 Å². The van der Waals surface area contributed by atoms with E-state index in [-0.39, 0.29) is 17.2 Å². The van der Waals surface area contributed by atoms with Crippen LogP contribution in [0.3, 0.4) is 0 Å². The molecule has 0 aliphatic heterocycles. The Morgan fingerprint density at radius 1 is 1.47 bits per heavy atom. The molecule has 0 radical (unpaired) electrons. The SMILES string of the molecule is CCCc1nc(C(C)=O)c(C(=O)OC)[nH]1. The maximum absolute atomic E-state index is 11.3. The number of Topliss-reactive ketones (excluding diaryl/α,β-unsaturated/α-hetero) is 1. The molecule has 0 amide bonds. The van der Waals surface area contributed by atoms with Crippen molar-refractivity contribution < 1.29 is 14.3 Å². The van der Waals surface area contributed by atoms with Crippen molar-refractivity contribution in [2.75, 3.05) is 7.11 Å². The lowest BCUT2D eigenvalue weighted by Gasteiger charge is -1.95. The number of aromatic amines is 1. The highest BCUT2D eigenvalue weighted by atomic mass is 16.5. The molecule has 1 rings (SSSR count). The van der Waals surface area contributed by atoms with Crippen LogP contribution < -0.4 is 0 Å². The van der Waals surface area contributed by atoms with E-state index in [0.29, 0.717) is 12.2 Å². The molecule has 1 aromatic rings. The molecular formula is C10H14N2O3. The smallest absolute Gasteiger partial charge is 0.356 e. The number of hydrogen-bond donors (Lipinski definition) is 1. The predicted molar refractivity (Wildman–Crippen MR) is 53.9 cm³/mol. The number of nitrogens with zero attached hydrogens (tertiary/aromatic N) is 1. The van der Waals surface area contributed by atoms with Gasteiger partial charge in [-0.1, -0.05) is 6.92 Å². The summed E-state index contributed by atoms with van der Waals surface area (Å²) in [4.78, 5) is 29.4. The molecule has 0 saturated carbocycles. The van der Waals surface area contributed by atoms with Crippen LogP contribution in [-0.2, 0) is 11.2 Å². The molecule has 5 nitrogen and oxygen atoms in total. The number of H-pyrrole nitrogens is 1. The minimum absolute atomic E-state index is 0.147. The zero-order valence-electron chi connectivity index (χ0n) is 9.09. The Hall–Kier alpha value is -1.65. The Kier molecular flexibility index (Phi) is 3.60. The molecule has 0 bridgehead atoms. The number of nitrogens with one attached hydrogen (secondary N) is 1. The molecule has 5 heteroatoms. The van der Waals surface area contributed by atoms with E-state index in [1.165, 1.54) is 14.0 Å². The molecule has 82 valence electrons. The fraction of sp³-hybridized carbons (Fsp3) is 0.500. The van der Waals surface area contributed by atoms with Crippen LogP contribution in [0.5, 0.6) is 0 Å². The number of rotatable bonds is 4. The number of methoxy groups -OCH3 is 1. The summed E-state index contributed by atoms with van der Waals surface area (Å²) in [6, 6.07) is 0. The molecule has 1 heterocycles. The molecule has 1 N–H and O–H groups in total. The number of carbonyl (C=O) groups excluding carboxylic acids is 2. The van der Waals surface area contributed by atoms with Crippen molar-refractivity contribution in [3.8, 4) is 0 Å². The van der Waals surface area contributed by atoms with Crippen molar-refractivity contribution in [2.45, 2.75) is 26.7 Å². The van der Waals surface area contributed by atoms with Crippen molar-refractivity contribution in [3.05, 3.63) is 17.2 Å². The lowest BCUT2D eigenvalue weighted by atomic mass is 10.2. The Morgan fingerprint density at radius 3 is 2.60 bits per heavy atom. The quantitative estimate of drug-likeness (QED) is 0.601. The van der Waals surface area contributed by atoms with E-state index in [1.54, 1.807) is 0 Å². The molecule has 0 aromatic carbocycles. The molecule has 0 aliphatic rings. The van der Waals surface area contributed by atoms with E-state index in [1.807, 2.05) is 6.92 Å². The highest BCUT2D eigenvalue weighted by Crippen LogP contribution is 2.10. The molecule has 0 spiro atoms. The maximum atomic E-state index is 11.3. The largest absolute Gasteiger partial charge is 0.464 e. The van der Waals surface area contributed by atoms with Gasteiger partial charge in [-0.25, -0.2) is 9.78 Å². The highest BCUT2D eigenvalue weighted by molar-refractivity contribution is 6.02. The predicted octanol–water partition coefficient (Wildman–Crippen LogP) is 1.35. The second kappa shape index (κ2) is 4.72. The third-order valence-electron chi connectivity index (χ3n) is 1.96. The highest BCUT2D eigenvalue weighted by Gasteiger charge is 2.20.